The number of rotatable bonds is 8. The molecule has 2 rings (SSSR count). The van der Waals surface area contributed by atoms with E-state index in [-0.39, 0.29) is 35.1 Å². The average Bonchev–Trinajstić information content (AvgIpc) is 3.11. The van der Waals surface area contributed by atoms with E-state index in [1.807, 2.05) is 24.4 Å². The van der Waals surface area contributed by atoms with Crippen LogP contribution in [0.15, 0.2) is 29.6 Å². The molecular weight excluding hydrogens is 364 g/mol. The number of thiophene rings is 1. The summed E-state index contributed by atoms with van der Waals surface area (Å²) in [4.78, 5) is 24.5. The Hall–Kier alpha value is -2.25. The number of ether oxygens (including phenoxy) is 2. The lowest BCUT2D eigenvalue weighted by Crippen LogP contribution is -2.27. The minimum atomic E-state index is -0.637. The van der Waals surface area contributed by atoms with Crippen LogP contribution < -0.4 is 20.5 Å². The topological polar surface area (TPSA) is 90.6 Å². The first kappa shape index (κ1) is 19.1. The van der Waals surface area contributed by atoms with Crippen molar-refractivity contribution in [2.24, 2.45) is 5.73 Å². The van der Waals surface area contributed by atoms with Gasteiger partial charge >= 0.3 is 0 Å². The number of nitrogens with one attached hydrogen (secondary N) is 1. The molecule has 0 aliphatic carbocycles. The number of benzene rings is 1. The van der Waals surface area contributed by atoms with Crippen molar-refractivity contribution in [3.63, 3.8) is 0 Å². The number of nitrogens with two attached hydrogens (primary N) is 1. The number of methoxy groups -OCH3 is 1. The SMILES string of the molecule is CCC(NC(=O)c1cc(Cl)c(OCC(N)=O)c(OC)c1)c1cccs1. The zero-order valence-electron chi connectivity index (χ0n) is 13.9. The van der Waals surface area contributed by atoms with Gasteiger partial charge in [-0.05, 0) is 30.0 Å². The van der Waals surface area contributed by atoms with Gasteiger partial charge < -0.3 is 20.5 Å². The number of carbonyl (C=O) groups excluding carboxylic acids is 2. The van der Waals surface area contributed by atoms with E-state index in [9.17, 15) is 9.59 Å². The quantitative estimate of drug-likeness (QED) is 0.733. The zero-order valence-corrected chi connectivity index (χ0v) is 15.4. The van der Waals surface area contributed by atoms with Crippen LogP contribution in [0.25, 0.3) is 0 Å². The van der Waals surface area contributed by atoms with Crippen LogP contribution in [0.2, 0.25) is 5.02 Å². The third-order valence-electron chi connectivity index (χ3n) is 3.45. The smallest absolute Gasteiger partial charge is 0.255 e. The Labute approximate surface area is 154 Å². The van der Waals surface area contributed by atoms with Crippen LogP contribution >= 0.6 is 22.9 Å². The number of amides is 2. The molecule has 134 valence electrons. The number of hydrogen-bond acceptors (Lipinski definition) is 5. The van der Waals surface area contributed by atoms with E-state index < -0.39 is 5.91 Å². The molecule has 0 aliphatic heterocycles. The Bertz CT molecular complexity index is 749. The zero-order chi connectivity index (χ0) is 18.4. The Morgan fingerprint density at radius 1 is 1.40 bits per heavy atom. The van der Waals surface area contributed by atoms with Gasteiger partial charge in [-0.3, -0.25) is 9.59 Å². The van der Waals surface area contributed by atoms with Crippen LogP contribution in [0.3, 0.4) is 0 Å². The highest BCUT2D eigenvalue weighted by Gasteiger charge is 2.19. The highest BCUT2D eigenvalue weighted by molar-refractivity contribution is 7.10. The number of halogens is 1. The standard InChI is InChI=1S/C17H19ClN2O4S/c1-3-12(14-5-4-6-25-14)20-17(22)10-7-11(18)16(13(8-10)23-2)24-9-15(19)21/h4-8,12H,3,9H2,1-2H3,(H2,19,21)(H,20,22). The minimum absolute atomic E-state index is 0.0805. The lowest BCUT2D eigenvalue weighted by molar-refractivity contribution is -0.119. The summed E-state index contributed by atoms with van der Waals surface area (Å²) in [6.07, 6.45) is 0.761. The molecule has 0 aliphatic rings. The van der Waals surface area contributed by atoms with Gasteiger partial charge in [-0.25, -0.2) is 0 Å². The molecule has 1 atom stereocenters. The van der Waals surface area contributed by atoms with Crippen molar-refractivity contribution in [1.29, 1.82) is 0 Å². The summed E-state index contributed by atoms with van der Waals surface area (Å²) in [6, 6.07) is 6.82. The van der Waals surface area contributed by atoms with Crippen LogP contribution in [0, 0.1) is 0 Å². The van der Waals surface area contributed by atoms with Gasteiger partial charge in [0.1, 0.15) is 0 Å². The van der Waals surface area contributed by atoms with Gasteiger partial charge in [0.15, 0.2) is 18.1 Å². The van der Waals surface area contributed by atoms with Gasteiger partial charge in [0.05, 0.1) is 18.2 Å². The molecule has 0 saturated heterocycles. The third kappa shape index (κ3) is 4.87. The number of primary amides is 1. The molecule has 2 aromatic rings. The molecule has 0 spiro atoms. The summed E-state index contributed by atoms with van der Waals surface area (Å²) in [5, 5.41) is 5.11. The van der Waals surface area contributed by atoms with Crippen molar-refractivity contribution < 1.29 is 19.1 Å². The number of hydrogen-bond donors (Lipinski definition) is 2. The van der Waals surface area contributed by atoms with Gasteiger partial charge in [0.2, 0.25) is 0 Å². The molecule has 1 heterocycles. The van der Waals surface area contributed by atoms with Crippen LogP contribution in [-0.2, 0) is 4.79 Å². The second-order valence-corrected chi connectivity index (χ2v) is 6.58. The first-order chi connectivity index (χ1) is 12.0. The van der Waals surface area contributed by atoms with E-state index in [0.29, 0.717) is 5.56 Å². The summed E-state index contributed by atoms with van der Waals surface area (Å²) in [7, 11) is 1.42. The third-order valence-corrected chi connectivity index (χ3v) is 4.72. The minimum Gasteiger partial charge on any atom is -0.493 e. The Balaban J connectivity index is 2.22. The predicted octanol–water partition coefficient (Wildman–Crippen LogP) is 3.16. The van der Waals surface area contributed by atoms with Crippen molar-refractivity contribution in [1.82, 2.24) is 5.32 Å². The molecule has 1 unspecified atom stereocenters. The van der Waals surface area contributed by atoms with Crippen LogP contribution in [0.5, 0.6) is 11.5 Å². The fourth-order valence-electron chi connectivity index (χ4n) is 2.24. The second kappa shape index (κ2) is 8.73. The maximum Gasteiger partial charge on any atom is 0.255 e. The van der Waals surface area contributed by atoms with Crippen molar-refractivity contribution in [3.8, 4) is 11.5 Å². The Morgan fingerprint density at radius 2 is 2.16 bits per heavy atom. The Kier molecular flexibility index (Phi) is 6.66. The highest BCUT2D eigenvalue weighted by Crippen LogP contribution is 2.36. The maximum absolute atomic E-state index is 12.6. The van der Waals surface area contributed by atoms with E-state index in [2.05, 4.69) is 5.32 Å². The summed E-state index contributed by atoms with van der Waals surface area (Å²) in [6.45, 7) is 1.66. The summed E-state index contributed by atoms with van der Waals surface area (Å²) >= 11 is 7.76. The van der Waals surface area contributed by atoms with E-state index in [0.717, 1.165) is 11.3 Å². The van der Waals surface area contributed by atoms with Gasteiger partial charge in [0.25, 0.3) is 11.8 Å². The predicted molar refractivity (Wildman–Crippen MR) is 97.5 cm³/mol. The average molecular weight is 383 g/mol. The largest absolute Gasteiger partial charge is 0.493 e. The summed E-state index contributed by atoms with van der Waals surface area (Å²) in [5.74, 6) is -0.489. The molecular formula is C17H19ClN2O4S. The molecule has 0 radical (unpaired) electrons. The molecule has 2 amide bonds. The molecule has 0 fully saturated rings. The van der Waals surface area contributed by atoms with Crippen LogP contribution in [-0.4, -0.2) is 25.5 Å². The highest BCUT2D eigenvalue weighted by atomic mass is 35.5. The fourth-order valence-corrected chi connectivity index (χ4v) is 3.37. The molecule has 6 nitrogen and oxygen atoms in total. The molecule has 0 saturated carbocycles. The van der Waals surface area contributed by atoms with Gasteiger partial charge in [-0.1, -0.05) is 24.6 Å². The Morgan fingerprint density at radius 3 is 2.72 bits per heavy atom. The van der Waals surface area contributed by atoms with Crippen molar-refractivity contribution in [2.75, 3.05) is 13.7 Å². The maximum atomic E-state index is 12.6. The molecule has 3 N–H and O–H groups in total. The van der Waals surface area contributed by atoms with Gasteiger partial charge in [-0.15, -0.1) is 11.3 Å². The van der Waals surface area contributed by atoms with Crippen molar-refractivity contribution in [2.45, 2.75) is 19.4 Å². The monoisotopic (exact) mass is 382 g/mol. The van der Waals surface area contributed by atoms with Gasteiger partial charge in [0, 0.05) is 10.4 Å². The summed E-state index contributed by atoms with van der Waals surface area (Å²) in [5.41, 5.74) is 5.40. The molecule has 8 heteroatoms. The molecule has 1 aromatic carbocycles. The van der Waals surface area contributed by atoms with Crippen molar-refractivity contribution in [3.05, 3.63) is 45.1 Å². The first-order valence-electron chi connectivity index (χ1n) is 7.59. The van der Waals surface area contributed by atoms with Crippen LogP contribution in [0.1, 0.15) is 34.6 Å². The van der Waals surface area contributed by atoms with Gasteiger partial charge in [-0.2, -0.15) is 0 Å². The van der Waals surface area contributed by atoms with E-state index >= 15 is 0 Å². The van der Waals surface area contributed by atoms with E-state index in [1.165, 1.54) is 19.2 Å². The fraction of sp³-hybridized carbons (Fsp3) is 0.294. The first-order valence-corrected chi connectivity index (χ1v) is 8.84. The normalized spacial score (nSPS) is 11.6. The lowest BCUT2D eigenvalue weighted by Gasteiger charge is -2.17. The van der Waals surface area contributed by atoms with E-state index in [4.69, 9.17) is 26.8 Å². The molecule has 25 heavy (non-hydrogen) atoms. The van der Waals surface area contributed by atoms with Crippen LogP contribution in [0.4, 0.5) is 0 Å². The van der Waals surface area contributed by atoms with E-state index in [1.54, 1.807) is 11.3 Å². The summed E-state index contributed by atoms with van der Waals surface area (Å²) < 4.78 is 10.5. The number of carbonyl (C=O) groups is 2. The lowest BCUT2D eigenvalue weighted by atomic mass is 10.1. The molecule has 1 aromatic heterocycles. The van der Waals surface area contributed by atoms with Crippen molar-refractivity contribution >= 4 is 34.8 Å². The second-order valence-electron chi connectivity index (χ2n) is 5.19. The molecule has 0 bridgehead atoms.